The fourth-order valence-corrected chi connectivity index (χ4v) is 1.17. The van der Waals surface area contributed by atoms with Crippen molar-refractivity contribution in [2.75, 3.05) is 26.2 Å². The average Bonchev–Trinajstić information content (AvgIpc) is 2.36. The molecule has 1 saturated heterocycles. The normalized spacial score (nSPS) is 35.3. The van der Waals surface area contributed by atoms with Gasteiger partial charge in [-0.05, 0) is 13.0 Å². The van der Waals surface area contributed by atoms with E-state index in [9.17, 15) is 0 Å². The first-order valence-corrected chi connectivity index (χ1v) is 3.35. The summed E-state index contributed by atoms with van der Waals surface area (Å²) in [4.78, 5) is 0. The number of hydrogen-bond donors (Lipinski definition) is 3. The standard InChI is InChI=1S/C6H14N2O/c7-3-6(5-9)1-2-8-4-6/h8-9H,1-5,7H2. The molecule has 1 fully saturated rings. The molecular weight excluding hydrogens is 116 g/mol. The van der Waals surface area contributed by atoms with Crippen molar-refractivity contribution in [3.05, 3.63) is 0 Å². The van der Waals surface area contributed by atoms with Crippen LogP contribution in [-0.2, 0) is 0 Å². The molecule has 1 atom stereocenters. The third kappa shape index (κ3) is 1.23. The molecule has 0 saturated carbocycles. The van der Waals surface area contributed by atoms with Crippen LogP contribution in [0.25, 0.3) is 0 Å². The third-order valence-corrected chi connectivity index (χ3v) is 2.10. The number of nitrogens with two attached hydrogens (primary N) is 1. The lowest BCUT2D eigenvalue weighted by molar-refractivity contribution is 0.150. The van der Waals surface area contributed by atoms with Gasteiger partial charge in [-0.3, -0.25) is 0 Å². The van der Waals surface area contributed by atoms with E-state index < -0.39 is 0 Å². The molecule has 0 amide bonds. The topological polar surface area (TPSA) is 58.3 Å². The van der Waals surface area contributed by atoms with E-state index in [-0.39, 0.29) is 12.0 Å². The minimum atomic E-state index is 0. The van der Waals surface area contributed by atoms with Crippen molar-refractivity contribution in [1.82, 2.24) is 5.32 Å². The molecule has 0 bridgehead atoms. The van der Waals surface area contributed by atoms with E-state index in [1.165, 1.54) is 0 Å². The summed E-state index contributed by atoms with van der Waals surface area (Å²) in [6, 6.07) is 0. The maximum atomic E-state index is 8.90. The molecule has 0 spiro atoms. The lowest BCUT2D eigenvalue weighted by Gasteiger charge is -2.22. The summed E-state index contributed by atoms with van der Waals surface area (Å²) in [5.41, 5.74) is 5.48. The molecule has 54 valence electrons. The predicted octanol–water partition coefficient (Wildman–Crippen LogP) is -1.08. The minimum absolute atomic E-state index is 0. The van der Waals surface area contributed by atoms with Gasteiger partial charge < -0.3 is 16.2 Å². The Morgan fingerprint density at radius 2 is 2.44 bits per heavy atom. The largest absolute Gasteiger partial charge is 0.396 e. The van der Waals surface area contributed by atoms with E-state index in [0.717, 1.165) is 19.5 Å². The summed E-state index contributed by atoms with van der Waals surface area (Å²) >= 11 is 0. The van der Waals surface area contributed by atoms with Crippen LogP contribution in [-0.4, -0.2) is 31.3 Å². The van der Waals surface area contributed by atoms with Gasteiger partial charge in [-0.15, -0.1) is 0 Å². The van der Waals surface area contributed by atoms with Crippen LogP contribution in [0.2, 0.25) is 0 Å². The molecule has 1 heterocycles. The summed E-state index contributed by atoms with van der Waals surface area (Å²) < 4.78 is 0. The second kappa shape index (κ2) is 2.64. The van der Waals surface area contributed by atoms with Crippen molar-refractivity contribution in [2.24, 2.45) is 11.1 Å². The Kier molecular flexibility index (Phi) is 2.05. The Morgan fingerprint density at radius 3 is 2.67 bits per heavy atom. The molecule has 1 rings (SSSR count). The van der Waals surface area contributed by atoms with Crippen molar-refractivity contribution in [3.8, 4) is 0 Å². The van der Waals surface area contributed by atoms with Gasteiger partial charge in [0.05, 0.1) is 6.61 Å². The van der Waals surface area contributed by atoms with E-state index in [4.69, 9.17) is 10.8 Å². The highest BCUT2D eigenvalue weighted by atomic mass is 16.3. The van der Waals surface area contributed by atoms with Crippen molar-refractivity contribution in [2.45, 2.75) is 6.42 Å². The van der Waals surface area contributed by atoms with Gasteiger partial charge >= 0.3 is 0 Å². The van der Waals surface area contributed by atoms with Gasteiger partial charge in [0.25, 0.3) is 0 Å². The molecule has 0 aromatic carbocycles. The highest BCUT2D eigenvalue weighted by Crippen LogP contribution is 2.22. The molecular formula is C6H14N2O. The van der Waals surface area contributed by atoms with Gasteiger partial charge in [-0.25, -0.2) is 0 Å². The highest BCUT2D eigenvalue weighted by Gasteiger charge is 2.31. The lowest BCUT2D eigenvalue weighted by Crippen LogP contribution is -2.36. The Hall–Kier alpha value is -0.120. The average molecular weight is 130 g/mol. The van der Waals surface area contributed by atoms with Crippen LogP contribution in [0, 0.1) is 5.41 Å². The van der Waals surface area contributed by atoms with Crippen molar-refractivity contribution >= 4 is 0 Å². The summed E-state index contributed by atoms with van der Waals surface area (Å²) in [5, 5.41) is 12.1. The minimum Gasteiger partial charge on any atom is -0.396 e. The molecule has 1 aliphatic heterocycles. The smallest absolute Gasteiger partial charge is 0.0512 e. The summed E-state index contributed by atoms with van der Waals surface area (Å²) in [6.07, 6.45) is 1.01. The SMILES string of the molecule is NCC1(CO)CCNC1. The molecule has 0 aromatic rings. The first kappa shape index (κ1) is 6.99. The molecule has 1 aliphatic rings. The lowest BCUT2D eigenvalue weighted by atomic mass is 9.89. The van der Waals surface area contributed by atoms with E-state index in [1.807, 2.05) is 0 Å². The molecule has 0 aromatic heterocycles. The number of nitrogens with one attached hydrogen (secondary N) is 1. The fourth-order valence-electron chi connectivity index (χ4n) is 1.17. The van der Waals surface area contributed by atoms with Gasteiger partial charge in [-0.2, -0.15) is 0 Å². The molecule has 3 nitrogen and oxygen atoms in total. The van der Waals surface area contributed by atoms with Gasteiger partial charge in [0, 0.05) is 18.5 Å². The number of hydrogen-bond acceptors (Lipinski definition) is 3. The van der Waals surface area contributed by atoms with Crippen molar-refractivity contribution in [3.63, 3.8) is 0 Å². The van der Waals surface area contributed by atoms with Crippen LogP contribution in [0.15, 0.2) is 0 Å². The van der Waals surface area contributed by atoms with E-state index in [1.54, 1.807) is 0 Å². The first-order chi connectivity index (χ1) is 4.33. The Balaban J connectivity index is 2.45. The number of rotatable bonds is 2. The highest BCUT2D eigenvalue weighted by molar-refractivity contribution is 4.87. The summed E-state index contributed by atoms with van der Waals surface area (Å²) in [7, 11) is 0. The molecule has 9 heavy (non-hydrogen) atoms. The molecule has 4 N–H and O–H groups in total. The number of aliphatic hydroxyl groups is 1. The third-order valence-electron chi connectivity index (χ3n) is 2.10. The van der Waals surface area contributed by atoms with E-state index in [0.29, 0.717) is 6.54 Å². The van der Waals surface area contributed by atoms with Crippen LogP contribution in [0.3, 0.4) is 0 Å². The van der Waals surface area contributed by atoms with Crippen LogP contribution < -0.4 is 11.1 Å². The summed E-state index contributed by atoms with van der Waals surface area (Å²) in [5.74, 6) is 0. The van der Waals surface area contributed by atoms with Crippen LogP contribution in [0.5, 0.6) is 0 Å². The van der Waals surface area contributed by atoms with Crippen LogP contribution in [0.4, 0.5) is 0 Å². The zero-order valence-electron chi connectivity index (χ0n) is 5.56. The fraction of sp³-hybridized carbons (Fsp3) is 1.00. The van der Waals surface area contributed by atoms with Crippen LogP contribution in [0.1, 0.15) is 6.42 Å². The molecule has 1 unspecified atom stereocenters. The monoisotopic (exact) mass is 130 g/mol. The Bertz CT molecular complexity index is 83.1. The molecule has 0 radical (unpaired) electrons. The zero-order chi connectivity index (χ0) is 6.74. The first-order valence-electron chi connectivity index (χ1n) is 3.35. The van der Waals surface area contributed by atoms with Crippen molar-refractivity contribution in [1.29, 1.82) is 0 Å². The predicted molar refractivity (Wildman–Crippen MR) is 36.1 cm³/mol. The summed E-state index contributed by atoms with van der Waals surface area (Å²) in [6.45, 7) is 2.69. The second-order valence-electron chi connectivity index (χ2n) is 2.79. The molecule has 0 aliphatic carbocycles. The molecule has 3 heteroatoms. The zero-order valence-corrected chi connectivity index (χ0v) is 5.56. The maximum Gasteiger partial charge on any atom is 0.0512 e. The maximum absolute atomic E-state index is 8.90. The second-order valence-corrected chi connectivity index (χ2v) is 2.79. The Labute approximate surface area is 55.2 Å². The van der Waals surface area contributed by atoms with Gasteiger partial charge in [-0.1, -0.05) is 0 Å². The number of aliphatic hydroxyl groups excluding tert-OH is 1. The van der Waals surface area contributed by atoms with Gasteiger partial charge in [0.2, 0.25) is 0 Å². The van der Waals surface area contributed by atoms with Crippen LogP contribution >= 0.6 is 0 Å². The van der Waals surface area contributed by atoms with E-state index >= 15 is 0 Å². The van der Waals surface area contributed by atoms with Gasteiger partial charge in [0.15, 0.2) is 0 Å². The Morgan fingerprint density at radius 1 is 1.67 bits per heavy atom. The van der Waals surface area contributed by atoms with E-state index in [2.05, 4.69) is 5.32 Å². The quantitative estimate of drug-likeness (QED) is 0.445. The van der Waals surface area contributed by atoms with Gasteiger partial charge in [0.1, 0.15) is 0 Å². The van der Waals surface area contributed by atoms with Crippen molar-refractivity contribution < 1.29 is 5.11 Å².